The summed E-state index contributed by atoms with van der Waals surface area (Å²) in [5.74, 6) is 0. The molecule has 0 aliphatic rings. The van der Waals surface area contributed by atoms with Crippen LogP contribution in [0.3, 0.4) is 0 Å². The zero-order valence-electron chi connectivity index (χ0n) is 10.5. The molecule has 1 aromatic carbocycles. The molecule has 0 N–H and O–H groups in total. The Morgan fingerprint density at radius 2 is 1.72 bits per heavy atom. The standard InChI is InChI=1S/C14H16NO2P/c1-12(2)17-18(16,13-8-4-3-5-9-13)14-10-6-7-11-15-14/h3-12H,1-2H3. The molecule has 0 spiro atoms. The molecule has 0 fully saturated rings. The summed E-state index contributed by atoms with van der Waals surface area (Å²) in [7, 11) is -3.09. The molecule has 0 radical (unpaired) electrons. The monoisotopic (exact) mass is 261 g/mol. The Hall–Kier alpha value is -1.44. The van der Waals surface area contributed by atoms with E-state index in [-0.39, 0.29) is 6.10 Å². The van der Waals surface area contributed by atoms with Gasteiger partial charge < -0.3 is 4.52 Å². The maximum atomic E-state index is 13.1. The van der Waals surface area contributed by atoms with Crippen molar-refractivity contribution in [3.8, 4) is 0 Å². The van der Waals surface area contributed by atoms with Crippen molar-refractivity contribution in [2.45, 2.75) is 20.0 Å². The van der Waals surface area contributed by atoms with Crippen molar-refractivity contribution in [1.29, 1.82) is 0 Å². The van der Waals surface area contributed by atoms with Gasteiger partial charge in [0, 0.05) is 11.5 Å². The fourth-order valence-electron chi connectivity index (χ4n) is 1.70. The van der Waals surface area contributed by atoms with E-state index in [9.17, 15) is 4.57 Å². The Morgan fingerprint density at radius 1 is 1.06 bits per heavy atom. The van der Waals surface area contributed by atoms with Gasteiger partial charge in [-0.1, -0.05) is 24.3 Å². The number of rotatable bonds is 4. The maximum Gasteiger partial charge on any atom is 0.279 e. The van der Waals surface area contributed by atoms with Crippen LogP contribution in [-0.2, 0) is 9.09 Å². The molecule has 0 bridgehead atoms. The largest absolute Gasteiger partial charge is 0.318 e. The van der Waals surface area contributed by atoms with Gasteiger partial charge >= 0.3 is 0 Å². The van der Waals surface area contributed by atoms with E-state index in [0.717, 1.165) is 0 Å². The zero-order chi connectivity index (χ0) is 13.0. The minimum Gasteiger partial charge on any atom is -0.318 e. The van der Waals surface area contributed by atoms with Gasteiger partial charge in [-0.15, -0.1) is 0 Å². The summed E-state index contributed by atoms with van der Waals surface area (Å²) >= 11 is 0. The maximum absolute atomic E-state index is 13.1. The Bertz CT molecular complexity index is 497. The van der Waals surface area contributed by atoms with E-state index in [0.29, 0.717) is 10.7 Å². The first-order chi connectivity index (χ1) is 8.63. The average Bonchev–Trinajstić information content (AvgIpc) is 2.40. The van der Waals surface area contributed by atoms with Crippen LogP contribution in [0.1, 0.15) is 13.8 Å². The molecule has 0 amide bonds. The zero-order valence-corrected chi connectivity index (χ0v) is 11.4. The molecule has 0 saturated carbocycles. The van der Waals surface area contributed by atoms with E-state index in [4.69, 9.17) is 4.52 Å². The summed E-state index contributed by atoms with van der Waals surface area (Å²) in [5, 5.41) is 0.678. The topological polar surface area (TPSA) is 39.2 Å². The van der Waals surface area contributed by atoms with Crippen LogP contribution in [0.2, 0.25) is 0 Å². The van der Waals surface area contributed by atoms with Gasteiger partial charge in [-0.3, -0.25) is 9.55 Å². The van der Waals surface area contributed by atoms with E-state index >= 15 is 0 Å². The first-order valence-corrected chi connectivity index (χ1v) is 7.51. The Balaban J connectivity index is 2.52. The molecule has 18 heavy (non-hydrogen) atoms. The number of pyridine rings is 1. The van der Waals surface area contributed by atoms with Crippen LogP contribution in [0.25, 0.3) is 0 Å². The quantitative estimate of drug-likeness (QED) is 0.794. The molecule has 1 aromatic heterocycles. The first-order valence-electron chi connectivity index (χ1n) is 5.88. The van der Waals surface area contributed by atoms with E-state index in [1.807, 2.05) is 50.2 Å². The number of nitrogens with zero attached hydrogens (tertiary/aromatic N) is 1. The Kier molecular flexibility index (Phi) is 3.95. The predicted octanol–water partition coefficient (Wildman–Crippen LogP) is 2.74. The molecular formula is C14H16NO2P. The summed E-state index contributed by atoms with van der Waals surface area (Å²) in [5.41, 5.74) is 0.491. The molecule has 1 atom stereocenters. The second kappa shape index (κ2) is 5.47. The molecule has 3 nitrogen and oxygen atoms in total. The number of hydrogen-bond donors (Lipinski definition) is 0. The van der Waals surface area contributed by atoms with Crippen molar-refractivity contribution < 1.29 is 9.09 Å². The van der Waals surface area contributed by atoms with Crippen LogP contribution in [0.15, 0.2) is 54.7 Å². The molecule has 94 valence electrons. The SMILES string of the molecule is CC(C)OP(=O)(c1ccccc1)c1ccccn1. The van der Waals surface area contributed by atoms with Crippen LogP contribution >= 0.6 is 7.37 Å². The van der Waals surface area contributed by atoms with Gasteiger partial charge in [-0.2, -0.15) is 0 Å². The number of aromatic nitrogens is 1. The summed E-state index contributed by atoms with van der Waals surface area (Å²) in [6.45, 7) is 3.75. The van der Waals surface area contributed by atoms with Gasteiger partial charge in [0.25, 0.3) is 7.37 Å². The van der Waals surface area contributed by atoms with Crippen molar-refractivity contribution in [3.63, 3.8) is 0 Å². The van der Waals surface area contributed by atoms with Crippen LogP contribution in [0, 0.1) is 0 Å². The second-order valence-corrected chi connectivity index (χ2v) is 6.52. The molecule has 1 unspecified atom stereocenters. The van der Waals surface area contributed by atoms with E-state index in [2.05, 4.69) is 4.98 Å². The van der Waals surface area contributed by atoms with Gasteiger partial charge in [0.05, 0.1) is 6.10 Å². The van der Waals surface area contributed by atoms with Crippen molar-refractivity contribution in [2.24, 2.45) is 0 Å². The van der Waals surface area contributed by atoms with E-state index in [1.54, 1.807) is 18.3 Å². The van der Waals surface area contributed by atoms with Crippen molar-refractivity contribution in [1.82, 2.24) is 4.98 Å². The Labute approximate surface area is 107 Å². The second-order valence-electron chi connectivity index (χ2n) is 4.23. The van der Waals surface area contributed by atoms with Gasteiger partial charge in [0.15, 0.2) is 0 Å². The molecule has 2 rings (SSSR count). The summed E-state index contributed by atoms with van der Waals surface area (Å²) in [6, 6.07) is 14.6. The summed E-state index contributed by atoms with van der Waals surface area (Å²) < 4.78 is 18.8. The van der Waals surface area contributed by atoms with Crippen LogP contribution in [0.4, 0.5) is 0 Å². The minimum absolute atomic E-state index is 0.127. The summed E-state index contributed by atoms with van der Waals surface area (Å²) in [6.07, 6.45) is 1.51. The molecule has 2 aromatic rings. The highest BCUT2D eigenvalue weighted by Crippen LogP contribution is 2.44. The van der Waals surface area contributed by atoms with E-state index in [1.165, 1.54) is 0 Å². The van der Waals surface area contributed by atoms with Crippen molar-refractivity contribution in [3.05, 3.63) is 54.7 Å². The third-order valence-corrected chi connectivity index (χ3v) is 4.97. The normalized spacial score (nSPS) is 14.4. The van der Waals surface area contributed by atoms with Gasteiger partial charge in [-0.05, 0) is 38.1 Å². The number of benzene rings is 1. The van der Waals surface area contributed by atoms with Gasteiger partial charge in [0.2, 0.25) is 0 Å². The lowest BCUT2D eigenvalue weighted by atomic mass is 10.4. The van der Waals surface area contributed by atoms with Crippen molar-refractivity contribution >= 4 is 18.1 Å². The molecular weight excluding hydrogens is 245 g/mol. The van der Waals surface area contributed by atoms with E-state index < -0.39 is 7.37 Å². The summed E-state index contributed by atoms with van der Waals surface area (Å²) in [4.78, 5) is 4.19. The highest BCUT2D eigenvalue weighted by Gasteiger charge is 2.30. The van der Waals surface area contributed by atoms with Crippen LogP contribution in [0.5, 0.6) is 0 Å². The molecule has 0 saturated heterocycles. The first kappa shape index (κ1) is 13.0. The fraction of sp³-hybridized carbons (Fsp3) is 0.214. The molecule has 4 heteroatoms. The van der Waals surface area contributed by atoms with Gasteiger partial charge in [0.1, 0.15) is 5.44 Å². The highest BCUT2D eigenvalue weighted by molar-refractivity contribution is 7.74. The third-order valence-electron chi connectivity index (χ3n) is 2.41. The fourth-order valence-corrected chi connectivity index (χ4v) is 3.85. The predicted molar refractivity (Wildman–Crippen MR) is 73.8 cm³/mol. The lowest BCUT2D eigenvalue weighted by Crippen LogP contribution is -2.22. The smallest absolute Gasteiger partial charge is 0.279 e. The van der Waals surface area contributed by atoms with Crippen LogP contribution in [-0.4, -0.2) is 11.1 Å². The molecule has 1 heterocycles. The lowest BCUT2D eigenvalue weighted by Gasteiger charge is -2.20. The van der Waals surface area contributed by atoms with Crippen molar-refractivity contribution in [2.75, 3.05) is 0 Å². The average molecular weight is 261 g/mol. The highest BCUT2D eigenvalue weighted by atomic mass is 31.2. The lowest BCUT2D eigenvalue weighted by molar-refractivity contribution is 0.253. The Morgan fingerprint density at radius 3 is 2.28 bits per heavy atom. The molecule has 0 aliphatic heterocycles. The molecule has 0 aliphatic carbocycles. The van der Waals surface area contributed by atoms with Crippen LogP contribution < -0.4 is 10.7 Å². The van der Waals surface area contributed by atoms with Gasteiger partial charge in [-0.25, -0.2) is 0 Å². The number of hydrogen-bond acceptors (Lipinski definition) is 3. The minimum atomic E-state index is -3.09. The third kappa shape index (κ3) is 2.69.